The van der Waals surface area contributed by atoms with Crippen LogP contribution in [0.4, 0.5) is 11.6 Å². The fourth-order valence-corrected chi connectivity index (χ4v) is 8.03. The average molecular weight is 568 g/mol. The quantitative estimate of drug-likeness (QED) is 0.533. The number of piperidine rings is 1. The van der Waals surface area contributed by atoms with Crippen LogP contribution in [0.1, 0.15) is 44.7 Å². The third-order valence-electron chi connectivity index (χ3n) is 7.66. The number of pyridine rings is 1. The van der Waals surface area contributed by atoms with E-state index in [0.29, 0.717) is 34.2 Å². The molecule has 0 saturated carbocycles. The van der Waals surface area contributed by atoms with Crippen LogP contribution < -0.4 is 9.80 Å². The molecule has 0 aromatic carbocycles. The second-order valence-corrected chi connectivity index (χ2v) is 14.2. The maximum absolute atomic E-state index is 11.9. The summed E-state index contributed by atoms with van der Waals surface area (Å²) in [5.74, 6) is 1.41. The summed E-state index contributed by atoms with van der Waals surface area (Å²) >= 11 is 8.15. The Kier molecular flexibility index (Phi) is 7.89. The largest absolute Gasteiger partial charge is 0.390 e. The number of hydrogen-bond acceptors (Lipinski definition) is 10. The molecular weight excluding hydrogens is 534 g/mol. The van der Waals surface area contributed by atoms with Crippen molar-refractivity contribution in [2.24, 2.45) is 5.41 Å². The van der Waals surface area contributed by atoms with Crippen LogP contribution in [0, 0.1) is 5.41 Å². The molecule has 12 heteroatoms. The second kappa shape index (κ2) is 10.8. The molecule has 3 saturated heterocycles. The molecule has 37 heavy (non-hydrogen) atoms. The Morgan fingerprint density at radius 1 is 1.24 bits per heavy atom. The first-order valence-corrected chi connectivity index (χ1v) is 16.0. The lowest BCUT2D eigenvalue weighted by Gasteiger charge is -2.39. The van der Waals surface area contributed by atoms with Crippen LogP contribution in [0.3, 0.4) is 0 Å². The number of aromatic nitrogens is 3. The summed E-state index contributed by atoms with van der Waals surface area (Å²) in [6, 6.07) is 1.68. The summed E-state index contributed by atoms with van der Waals surface area (Å²) in [7, 11) is -3.12. The van der Waals surface area contributed by atoms with Crippen molar-refractivity contribution in [3.8, 4) is 0 Å². The lowest BCUT2D eigenvalue weighted by atomic mass is 9.77. The van der Waals surface area contributed by atoms with E-state index in [4.69, 9.17) is 26.3 Å². The summed E-state index contributed by atoms with van der Waals surface area (Å²) in [6.45, 7) is 5.23. The van der Waals surface area contributed by atoms with Gasteiger partial charge >= 0.3 is 0 Å². The highest BCUT2D eigenvalue weighted by Crippen LogP contribution is 2.43. The lowest BCUT2D eigenvalue weighted by Crippen LogP contribution is -2.41. The van der Waals surface area contributed by atoms with Gasteiger partial charge in [-0.3, -0.25) is 0 Å². The number of aliphatic hydroxyl groups is 1. The predicted octanol–water partition coefficient (Wildman–Crippen LogP) is 3.58. The number of aliphatic hydroxyl groups excluding tert-OH is 1. The average Bonchev–Trinajstić information content (AvgIpc) is 3.46. The van der Waals surface area contributed by atoms with E-state index in [2.05, 4.69) is 16.8 Å². The van der Waals surface area contributed by atoms with Gasteiger partial charge in [0, 0.05) is 43.0 Å². The van der Waals surface area contributed by atoms with Gasteiger partial charge in [-0.2, -0.15) is 0 Å². The Morgan fingerprint density at radius 3 is 2.70 bits per heavy atom. The van der Waals surface area contributed by atoms with Crippen LogP contribution >= 0.6 is 23.4 Å². The fourth-order valence-electron chi connectivity index (χ4n) is 5.85. The molecule has 5 rings (SSSR count). The molecular formula is C25H34ClN5O4S2. The summed E-state index contributed by atoms with van der Waals surface area (Å²) in [4.78, 5) is 18.9. The van der Waals surface area contributed by atoms with Gasteiger partial charge in [0.1, 0.15) is 26.4 Å². The topological polar surface area (TPSA) is 109 Å². The molecule has 2 atom stereocenters. The minimum absolute atomic E-state index is 0.0822. The normalized spacial score (nSPS) is 23.8. The van der Waals surface area contributed by atoms with Crippen LogP contribution in [0.2, 0.25) is 5.02 Å². The smallest absolute Gasteiger partial charge is 0.152 e. The van der Waals surface area contributed by atoms with Crippen molar-refractivity contribution in [1.29, 1.82) is 0 Å². The van der Waals surface area contributed by atoms with E-state index in [-0.39, 0.29) is 23.8 Å². The zero-order valence-corrected chi connectivity index (χ0v) is 23.7. The van der Waals surface area contributed by atoms with Gasteiger partial charge in [-0.1, -0.05) is 23.4 Å². The van der Waals surface area contributed by atoms with E-state index in [1.807, 2.05) is 11.0 Å². The lowest BCUT2D eigenvalue weighted by molar-refractivity contribution is 0.0975. The number of halogens is 1. The first kappa shape index (κ1) is 26.9. The number of rotatable bonds is 7. The number of ether oxygens (including phenoxy) is 1. The number of anilines is 2. The molecule has 3 aliphatic heterocycles. The maximum Gasteiger partial charge on any atom is 0.152 e. The zero-order chi connectivity index (χ0) is 26.2. The van der Waals surface area contributed by atoms with Gasteiger partial charge < -0.3 is 19.6 Å². The van der Waals surface area contributed by atoms with E-state index in [0.717, 1.165) is 62.5 Å². The summed E-state index contributed by atoms with van der Waals surface area (Å²) in [5.41, 5.74) is 0.819. The number of sulfone groups is 1. The van der Waals surface area contributed by atoms with E-state index < -0.39 is 9.84 Å². The molecule has 5 heterocycles. The number of hydrogen-bond donors (Lipinski definition) is 1. The molecule has 9 nitrogen and oxygen atoms in total. The van der Waals surface area contributed by atoms with Crippen LogP contribution in [0.25, 0.3) is 0 Å². The Hall–Kier alpha value is -1.66. The highest BCUT2D eigenvalue weighted by atomic mass is 35.5. The Balaban J connectivity index is 1.31. The summed E-state index contributed by atoms with van der Waals surface area (Å²) in [5, 5.41) is 11.2. The van der Waals surface area contributed by atoms with Crippen LogP contribution in [-0.2, 0) is 21.2 Å². The van der Waals surface area contributed by atoms with Gasteiger partial charge in [0.2, 0.25) is 0 Å². The predicted molar refractivity (Wildman–Crippen MR) is 145 cm³/mol. The first-order chi connectivity index (χ1) is 17.7. The van der Waals surface area contributed by atoms with Crippen LogP contribution in [0.15, 0.2) is 28.4 Å². The number of nitrogens with zero attached hydrogens (tertiary/aromatic N) is 5. The molecule has 3 fully saturated rings. The van der Waals surface area contributed by atoms with Crippen molar-refractivity contribution in [2.75, 3.05) is 48.0 Å². The van der Waals surface area contributed by atoms with Crippen molar-refractivity contribution < 1.29 is 18.3 Å². The van der Waals surface area contributed by atoms with Crippen molar-refractivity contribution in [3.63, 3.8) is 0 Å². The Bertz CT molecular complexity index is 1240. The molecule has 2 aromatic heterocycles. The minimum atomic E-state index is -3.12. The molecule has 0 amide bonds. The van der Waals surface area contributed by atoms with Crippen molar-refractivity contribution >= 4 is 44.8 Å². The zero-order valence-electron chi connectivity index (χ0n) is 21.3. The summed E-state index contributed by atoms with van der Waals surface area (Å²) < 4.78 is 29.7. The highest BCUT2D eigenvalue weighted by Gasteiger charge is 2.41. The fraction of sp³-hybridized carbons (Fsp3) is 0.640. The van der Waals surface area contributed by atoms with E-state index >= 15 is 0 Å². The van der Waals surface area contributed by atoms with Gasteiger partial charge in [0.15, 0.2) is 5.82 Å². The minimum Gasteiger partial charge on any atom is -0.390 e. The van der Waals surface area contributed by atoms with Gasteiger partial charge in [0.25, 0.3) is 0 Å². The molecule has 1 unspecified atom stereocenters. The third kappa shape index (κ3) is 6.00. The van der Waals surface area contributed by atoms with Gasteiger partial charge in [-0.25, -0.2) is 23.4 Å². The standard InChI is InChI=1S/C25H34ClN5O4S2/c1-17-12-25(16-35-17)6-10-30(11-7-25)23-19(14-32)29-21(13-28-23)36-20-5-8-27-24(22(20)26)31-9-3-4-18(31)15-37(2,33)34/h5,8,13,17-18,32H,3-4,6-7,9-12,14-16H2,1-2H3/t17-,18?/m0/s1. The van der Waals surface area contributed by atoms with Gasteiger partial charge in [-0.05, 0) is 50.5 Å². The third-order valence-corrected chi connectivity index (χ3v) is 10.1. The van der Waals surface area contributed by atoms with Gasteiger partial charge in [0.05, 0.1) is 36.3 Å². The molecule has 2 aromatic rings. The highest BCUT2D eigenvalue weighted by molar-refractivity contribution is 7.99. The van der Waals surface area contributed by atoms with Crippen molar-refractivity contribution in [3.05, 3.63) is 29.2 Å². The second-order valence-electron chi connectivity index (χ2n) is 10.6. The first-order valence-electron chi connectivity index (χ1n) is 12.8. The summed E-state index contributed by atoms with van der Waals surface area (Å²) in [6.07, 6.45) is 9.89. The van der Waals surface area contributed by atoms with E-state index in [1.54, 1.807) is 12.4 Å². The molecule has 202 valence electrons. The van der Waals surface area contributed by atoms with Gasteiger partial charge in [-0.15, -0.1) is 0 Å². The van der Waals surface area contributed by atoms with E-state index in [9.17, 15) is 13.5 Å². The SMILES string of the molecule is C[C@H]1CC2(CCN(c3ncc(Sc4ccnc(N5CCCC5CS(C)(=O)=O)c4Cl)nc3CO)CC2)CO1. The molecule has 1 N–H and O–H groups in total. The monoisotopic (exact) mass is 567 g/mol. The van der Waals surface area contributed by atoms with Crippen molar-refractivity contribution in [1.82, 2.24) is 15.0 Å². The van der Waals surface area contributed by atoms with Crippen LogP contribution in [-0.4, -0.2) is 78.9 Å². The van der Waals surface area contributed by atoms with Crippen LogP contribution in [0.5, 0.6) is 0 Å². The molecule has 0 radical (unpaired) electrons. The molecule has 3 aliphatic rings. The van der Waals surface area contributed by atoms with E-state index in [1.165, 1.54) is 18.0 Å². The maximum atomic E-state index is 11.9. The van der Waals surface area contributed by atoms with Crippen molar-refractivity contribution in [2.45, 2.75) is 67.7 Å². The molecule has 0 bridgehead atoms. The molecule has 1 spiro atoms. The Morgan fingerprint density at radius 2 is 2.03 bits per heavy atom. The Labute approximate surface area is 227 Å². The molecule has 0 aliphatic carbocycles.